The number of benzene rings is 2. The summed E-state index contributed by atoms with van der Waals surface area (Å²) in [5.41, 5.74) is 0.858. The second-order valence-corrected chi connectivity index (χ2v) is 7.14. The van der Waals surface area contributed by atoms with Crippen molar-refractivity contribution < 1.29 is 23.8 Å². The fourth-order valence-corrected chi connectivity index (χ4v) is 3.45. The first-order chi connectivity index (χ1) is 13.3. The molecule has 3 rings (SSSR count). The lowest BCUT2D eigenvalue weighted by Gasteiger charge is -2.27. The maximum atomic E-state index is 13.4. The number of carbonyl (C=O) groups is 2. The molecule has 1 unspecified atom stereocenters. The number of aliphatic hydroxyl groups excluding tert-OH is 1. The van der Waals surface area contributed by atoms with Crippen LogP contribution in [0.15, 0.2) is 53.8 Å². The van der Waals surface area contributed by atoms with Gasteiger partial charge in [0.25, 0.3) is 5.91 Å². The minimum atomic E-state index is -0.896. The molecule has 1 N–H and O–H groups in total. The highest BCUT2D eigenvalue weighted by Gasteiger charge is 2.44. The third-order valence-electron chi connectivity index (χ3n) is 4.60. The molecule has 0 saturated carbocycles. The van der Waals surface area contributed by atoms with Crippen LogP contribution in [0.25, 0.3) is 0 Å². The van der Waals surface area contributed by atoms with Gasteiger partial charge in [-0.25, -0.2) is 4.39 Å². The Kier molecular flexibility index (Phi) is 5.42. The molecule has 0 spiro atoms. The summed E-state index contributed by atoms with van der Waals surface area (Å²) in [7, 11) is 1.47. The Balaban J connectivity index is 2.18. The van der Waals surface area contributed by atoms with E-state index in [2.05, 4.69) is 0 Å². The van der Waals surface area contributed by atoms with E-state index in [-0.39, 0.29) is 16.4 Å². The lowest BCUT2D eigenvalue weighted by Crippen LogP contribution is -2.31. The minimum absolute atomic E-state index is 0.0152. The topological polar surface area (TPSA) is 66.8 Å². The van der Waals surface area contributed by atoms with Crippen LogP contribution < -0.4 is 9.64 Å². The van der Waals surface area contributed by atoms with Crippen LogP contribution in [-0.2, 0) is 9.59 Å². The third-order valence-corrected chi connectivity index (χ3v) is 4.89. The average molecular weight is 404 g/mol. The van der Waals surface area contributed by atoms with Gasteiger partial charge in [-0.2, -0.15) is 0 Å². The van der Waals surface area contributed by atoms with E-state index in [9.17, 15) is 19.1 Å². The molecule has 1 heterocycles. The first kappa shape index (κ1) is 19.9. The number of ketones is 1. The monoisotopic (exact) mass is 403 g/mol. The number of methoxy groups -OCH3 is 1. The van der Waals surface area contributed by atoms with Gasteiger partial charge in [0, 0.05) is 11.6 Å². The Hall–Kier alpha value is -2.86. The summed E-state index contributed by atoms with van der Waals surface area (Å²) in [4.78, 5) is 26.9. The Morgan fingerprint density at radius 3 is 2.39 bits per heavy atom. The number of rotatable bonds is 5. The highest BCUT2D eigenvalue weighted by atomic mass is 35.5. The molecular weight excluding hydrogens is 385 g/mol. The maximum absolute atomic E-state index is 13.4. The van der Waals surface area contributed by atoms with Crippen molar-refractivity contribution in [3.8, 4) is 5.75 Å². The molecule has 0 aromatic heterocycles. The molecule has 7 heteroatoms. The largest absolute Gasteiger partial charge is 0.503 e. The van der Waals surface area contributed by atoms with Crippen molar-refractivity contribution in [1.29, 1.82) is 0 Å². The molecule has 28 heavy (non-hydrogen) atoms. The van der Waals surface area contributed by atoms with Gasteiger partial charge in [0.05, 0.1) is 23.7 Å². The van der Waals surface area contributed by atoms with Crippen molar-refractivity contribution in [2.45, 2.75) is 19.9 Å². The zero-order valence-corrected chi connectivity index (χ0v) is 16.3. The summed E-state index contributed by atoms with van der Waals surface area (Å²) in [6.07, 6.45) is 0. The van der Waals surface area contributed by atoms with E-state index in [0.717, 1.165) is 0 Å². The molecule has 0 fully saturated rings. The van der Waals surface area contributed by atoms with E-state index in [4.69, 9.17) is 16.3 Å². The highest BCUT2D eigenvalue weighted by Crippen LogP contribution is 2.43. The summed E-state index contributed by atoms with van der Waals surface area (Å²) in [6.45, 7) is 3.36. The number of halogens is 2. The zero-order chi connectivity index (χ0) is 20.6. The smallest absolute Gasteiger partial charge is 0.294 e. The standard InChI is InChI=1S/C21H19ClFNO4/c1-11(2)19(25)17-18(12-4-6-13(23)7-5-12)24(21(27)20(17)26)14-8-9-16(28-3)15(22)10-14/h4-11,18,26H,1-3H3. The molecule has 1 aliphatic rings. The van der Waals surface area contributed by atoms with Crippen LogP contribution in [0.4, 0.5) is 10.1 Å². The normalized spacial score (nSPS) is 16.9. The SMILES string of the molecule is COc1ccc(N2C(=O)C(O)=C(C(=O)C(C)C)C2c2ccc(F)cc2)cc1Cl. The number of hydrogen-bond donors (Lipinski definition) is 1. The van der Waals surface area contributed by atoms with Gasteiger partial charge in [0.2, 0.25) is 0 Å². The van der Waals surface area contributed by atoms with Crippen LogP contribution in [0.5, 0.6) is 5.75 Å². The Morgan fingerprint density at radius 1 is 1.21 bits per heavy atom. The number of carbonyl (C=O) groups excluding carboxylic acids is 2. The van der Waals surface area contributed by atoms with Gasteiger partial charge >= 0.3 is 0 Å². The molecule has 146 valence electrons. The van der Waals surface area contributed by atoms with E-state index in [1.165, 1.54) is 42.3 Å². The zero-order valence-electron chi connectivity index (χ0n) is 15.6. The summed E-state index contributed by atoms with van der Waals surface area (Å²) in [5.74, 6) is -2.16. The van der Waals surface area contributed by atoms with Crippen LogP contribution in [0.1, 0.15) is 25.5 Å². The Morgan fingerprint density at radius 2 is 1.86 bits per heavy atom. The predicted octanol–water partition coefficient (Wildman–Crippen LogP) is 4.61. The molecule has 0 saturated heterocycles. The number of ether oxygens (including phenoxy) is 1. The van der Waals surface area contributed by atoms with Crippen molar-refractivity contribution in [2.75, 3.05) is 12.0 Å². The van der Waals surface area contributed by atoms with Gasteiger partial charge in [0.1, 0.15) is 11.6 Å². The van der Waals surface area contributed by atoms with Crippen LogP contribution in [0, 0.1) is 11.7 Å². The van der Waals surface area contributed by atoms with Crippen LogP contribution in [0.3, 0.4) is 0 Å². The van der Waals surface area contributed by atoms with Crippen LogP contribution >= 0.6 is 11.6 Å². The van der Waals surface area contributed by atoms with E-state index >= 15 is 0 Å². The van der Waals surface area contributed by atoms with Crippen molar-refractivity contribution in [1.82, 2.24) is 0 Å². The molecule has 2 aromatic rings. The molecule has 1 atom stereocenters. The lowest BCUT2D eigenvalue weighted by atomic mass is 9.91. The van der Waals surface area contributed by atoms with Gasteiger partial charge in [-0.1, -0.05) is 37.6 Å². The van der Waals surface area contributed by atoms with Gasteiger partial charge in [0.15, 0.2) is 11.5 Å². The summed E-state index contributed by atoms with van der Waals surface area (Å²) < 4.78 is 18.6. The van der Waals surface area contributed by atoms with Crippen molar-refractivity contribution in [2.24, 2.45) is 5.92 Å². The summed E-state index contributed by atoms with van der Waals surface area (Å²) in [5, 5.41) is 10.8. The first-order valence-corrected chi connectivity index (χ1v) is 9.04. The number of aliphatic hydroxyl groups is 1. The minimum Gasteiger partial charge on any atom is -0.503 e. The van der Waals surface area contributed by atoms with Crippen molar-refractivity contribution >= 4 is 29.0 Å². The second-order valence-electron chi connectivity index (χ2n) is 6.73. The van der Waals surface area contributed by atoms with Crippen LogP contribution in [-0.4, -0.2) is 23.9 Å². The number of nitrogens with zero attached hydrogens (tertiary/aromatic N) is 1. The number of hydrogen-bond acceptors (Lipinski definition) is 4. The predicted molar refractivity (Wildman–Crippen MR) is 104 cm³/mol. The second kappa shape index (κ2) is 7.64. The van der Waals surface area contributed by atoms with Crippen LogP contribution in [0.2, 0.25) is 5.02 Å². The average Bonchev–Trinajstić information content (AvgIpc) is 2.92. The quantitative estimate of drug-likeness (QED) is 0.791. The Labute approximate surface area is 167 Å². The van der Waals surface area contributed by atoms with Crippen molar-refractivity contribution in [3.63, 3.8) is 0 Å². The Bertz CT molecular complexity index is 969. The van der Waals surface area contributed by atoms with E-state index in [1.54, 1.807) is 26.0 Å². The van der Waals surface area contributed by atoms with Gasteiger partial charge in [-0.05, 0) is 35.9 Å². The lowest BCUT2D eigenvalue weighted by molar-refractivity contribution is -0.119. The van der Waals surface area contributed by atoms with E-state index in [0.29, 0.717) is 17.0 Å². The highest BCUT2D eigenvalue weighted by molar-refractivity contribution is 6.32. The molecule has 0 radical (unpaired) electrons. The van der Waals surface area contributed by atoms with Gasteiger partial charge in [-0.15, -0.1) is 0 Å². The molecule has 2 aromatic carbocycles. The fourth-order valence-electron chi connectivity index (χ4n) is 3.20. The maximum Gasteiger partial charge on any atom is 0.294 e. The summed E-state index contributed by atoms with van der Waals surface area (Å²) >= 11 is 6.20. The molecule has 0 aliphatic carbocycles. The molecular formula is C21H19ClFNO4. The van der Waals surface area contributed by atoms with E-state index < -0.39 is 29.4 Å². The summed E-state index contributed by atoms with van der Waals surface area (Å²) in [6, 6.07) is 9.27. The molecule has 1 aliphatic heterocycles. The molecule has 5 nitrogen and oxygen atoms in total. The molecule has 1 amide bonds. The number of anilines is 1. The van der Waals surface area contributed by atoms with Gasteiger partial charge in [-0.3, -0.25) is 14.5 Å². The number of Topliss-reactive ketones (excluding diaryl/α,β-unsaturated/α-hetero) is 1. The van der Waals surface area contributed by atoms with Gasteiger partial charge < -0.3 is 9.84 Å². The number of amides is 1. The molecule has 0 bridgehead atoms. The van der Waals surface area contributed by atoms with E-state index in [1.807, 2.05) is 0 Å². The fraction of sp³-hybridized carbons (Fsp3) is 0.238. The third kappa shape index (κ3) is 3.36. The van der Waals surface area contributed by atoms with Crippen molar-refractivity contribution in [3.05, 3.63) is 70.2 Å². The first-order valence-electron chi connectivity index (χ1n) is 8.66.